The summed E-state index contributed by atoms with van der Waals surface area (Å²) in [6.45, 7) is 0. The smallest absolute Gasteiger partial charge is 0.341 e. The quantitative estimate of drug-likeness (QED) is 0.500. The minimum Gasteiger partial charge on any atom is -0.478 e. The van der Waals surface area contributed by atoms with Crippen molar-refractivity contribution in [2.75, 3.05) is 0 Å². The number of carbonyl (C=O) groups excluding carboxylic acids is 1. The van der Waals surface area contributed by atoms with Gasteiger partial charge in [-0.2, -0.15) is 0 Å². The van der Waals surface area contributed by atoms with Crippen LogP contribution in [0.4, 0.5) is 0 Å². The first kappa shape index (κ1) is 18.2. The number of aromatic nitrogens is 1. The molecule has 5 nitrogen and oxygen atoms in total. The minimum absolute atomic E-state index is 0.568. The summed E-state index contributed by atoms with van der Waals surface area (Å²) in [5, 5.41) is 9.27. The van der Waals surface area contributed by atoms with Gasteiger partial charge in [-0.05, 0) is 46.9 Å². The van der Waals surface area contributed by atoms with E-state index in [4.69, 9.17) is 39.9 Å². The van der Waals surface area contributed by atoms with Crippen LogP contribution in [-0.2, 0) is 14.3 Å². The lowest BCUT2D eigenvalue weighted by atomic mass is 10.2. The first-order valence-corrected chi connectivity index (χ1v) is 6.92. The standard InChI is InChI=1S/C9H7N.C5H3Cl3O4/c1-2-6-9-8(4-1)5-3-7-10-9;6-5(7,8)12-4(11)2-1-3(9)10/h1-7H;1-2H,(H,9,10)/b;2-1+. The number of ether oxygens (including phenoxy) is 1. The Labute approximate surface area is 141 Å². The number of rotatable bonds is 2. The van der Waals surface area contributed by atoms with Gasteiger partial charge >= 0.3 is 15.9 Å². The summed E-state index contributed by atoms with van der Waals surface area (Å²) in [6.07, 6.45) is 3.01. The number of hydrogen-bond acceptors (Lipinski definition) is 4. The Bertz CT molecular complexity index is 618. The molecule has 0 spiro atoms. The number of pyridine rings is 1. The fourth-order valence-corrected chi connectivity index (χ4v) is 1.53. The third-order valence-corrected chi connectivity index (χ3v) is 2.32. The maximum Gasteiger partial charge on any atom is 0.341 e. The number of hydrogen-bond donors (Lipinski definition) is 1. The molecule has 1 N–H and O–H groups in total. The molecule has 1 heterocycles. The van der Waals surface area contributed by atoms with Crippen molar-refractivity contribution in [3.05, 3.63) is 54.7 Å². The maximum atomic E-state index is 10.5. The molecule has 0 fully saturated rings. The molecule has 0 aliphatic carbocycles. The zero-order chi connectivity index (χ0) is 16.6. The molecule has 0 amide bonds. The maximum absolute atomic E-state index is 10.5. The van der Waals surface area contributed by atoms with Crippen LogP contribution in [0.3, 0.4) is 0 Å². The topological polar surface area (TPSA) is 76.5 Å². The van der Waals surface area contributed by atoms with Gasteiger partial charge in [-0.3, -0.25) is 4.98 Å². The van der Waals surface area contributed by atoms with E-state index in [1.54, 1.807) is 0 Å². The van der Waals surface area contributed by atoms with Gasteiger partial charge in [0.2, 0.25) is 0 Å². The van der Waals surface area contributed by atoms with E-state index >= 15 is 0 Å². The van der Waals surface area contributed by atoms with Gasteiger partial charge in [0.15, 0.2) is 0 Å². The van der Waals surface area contributed by atoms with Crippen LogP contribution in [0, 0.1) is 0 Å². The summed E-state index contributed by atoms with van der Waals surface area (Å²) in [6, 6.07) is 12.1. The highest BCUT2D eigenvalue weighted by molar-refractivity contribution is 6.66. The van der Waals surface area contributed by atoms with Gasteiger partial charge in [-0.1, -0.05) is 24.3 Å². The van der Waals surface area contributed by atoms with Crippen molar-refractivity contribution >= 4 is 57.6 Å². The fraction of sp³-hybridized carbons (Fsp3) is 0.0714. The second kappa shape index (κ2) is 8.58. The predicted molar refractivity (Wildman–Crippen MR) is 84.9 cm³/mol. The van der Waals surface area contributed by atoms with Crippen LogP contribution >= 0.6 is 34.8 Å². The van der Waals surface area contributed by atoms with Gasteiger partial charge < -0.3 is 9.84 Å². The molecule has 8 heteroatoms. The molecule has 0 bridgehead atoms. The Balaban J connectivity index is 0.000000222. The molecule has 1 aromatic carbocycles. The number of nitrogens with zero attached hydrogens (tertiary/aromatic N) is 1. The zero-order valence-corrected chi connectivity index (χ0v) is 13.2. The predicted octanol–water partition coefficient (Wildman–Crippen LogP) is 3.73. The van der Waals surface area contributed by atoms with Crippen molar-refractivity contribution in [1.29, 1.82) is 0 Å². The van der Waals surface area contributed by atoms with Crippen molar-refractivity contribution in [3.63, 3.8) is 0 Å². The molecule has 0 saturated heterocycles. The first-order valence-electron chi connectivity index (χ1n) is 5.78. The number of carboxylic acid groups (broad SMARTS) is 1. The highest BCUT2D eigenvalue weighted by atomic mass is 35.6. The number of halogens is 3. The summed E-state index contributed by atoms with van der Waals surface area (Å²) in [5.74, 6) is -2.34. The van der Waals surface area contributed by atoms with E-state index in [2.05, 4.69) is 21.9 Å². The van der Waals surface area contributed by atoms with Crippen molar-refractivity contribution in [2.24, 2.45) is 0 Å². The second-order valence-electron chi connectivity index (χ2n) is 3.73. The van der Waals surface area contributed by atoms with Crippen LogP contribution in [0.2, 0.25) is 0 Å². The van der Waals surface area contributed by atoms with Gasteiger partial charge in [-0.25, -0.2) is 9.59 Å². The van der Waals surface area contributed by atoms with Gasteiger partial charge in [0, 0.05) is 23.7 Å². The van der Waals surface area contributed by atoms with E-state index in [1.807, 2.05) is 30.5 Å². The molecular weight excluding hydrogens is 353 g/mol. The monoisotopic (exact) mass is 361 g/mol. The summed E-state index contributed by atoms with van der Waals surface area (Å²) in [5.41, 5.74) is 1.06. The van der Waals surface area contributed by atoms with Gasteiger partial charge in [0.25, 0.3) is 0 Å². The van der Waals surface area contributed by atoms with Crippen LogP contribution in [0.15, 0.2) is 54.7 Å². The molecule has 0 saturated carbocycles. The van der Waals surface area contributed by atoms with Crippen molar-refractivity contribution in [3.8, 4) is 0 Å². The molecule has 0 aliphatic heterocycles. The molecule has 0 radical (unpaired) electrons. The number of carbonyl (C=O) groups is 2. The minimum atomic E-state index is -2.17. The van der Waals surface area contributed by atoms with Crippen LogP contribution < -0.4 is 0 Å². The molecule has 0 aliphatic rings. The van der Waals surface area contributed by atoms with E-state index < -0.39 is 15.9 Å². The van der Waals surface area contributed by atoms with Crippen molar-refractivity contribution in [1.82, 2.24) is 4.98 Å². The highest BCUT2D eigenvalue weighted by Gasteiger charge is 2.23. The Morgan fingerprint density at radius 1 is 1.09 bits per heavy atom. The number of carboxylic acids is 1. The van der Waals surface area contributed by atoms with E-state index in [-0.39, 0.29) is 0 Å². The van der Waals surface area contributed by atoms with E-state index in [1.165, 1.54) is 5.39 Å². The van der Waals surface area contributed by atoms with Gasteiger partial charge in [-0.15, -0.1) is 0 Å². The summed E-state index contributed by atoms with van der Waals surface area (Å²) in [4.78, 5) is 24.6. The number of alkyl halides is 3. The summed E-state index contributed by atoms with van der Waals surface area (Å²) < 4.78 is 1.93. The van der Waals surface area contributed by atoms with Gasteiger partial charge in [0.1, 0.15) is 0 Å². The largest absolute Gasteiger partial charge is 0.478 e. The van der Waals surface area contributed by atoms with Crippen LogP contribution in [0.25, 0.3) is 10.9 Å². The molecule has 0 unspecified atom stereocenters. The number of para-hydroxylation sites is 1. The third kappa shape index (κ3) is 7.83. The summed E-state index contributed by atoms with van der Waals surface area (Å²) in [7, 11) is 0. The van der Waals surface area contributed by atoms with Gasteiger partial charge in [0.05, 0.1) is 5.52 Å². The number of benzene rings is 1. The number of esters is 1. The lowest BCUT2D eigenvalue weighted by Gasteiger charge is -2.08. The molecule has 1 aromatic heterocycles. The van der Waals surface area contributed by atoms with Crippen LogP contribution in [-0.4, -0.2) is 26.0 Å². The fourth-order valence-electron chi connectivity index (χ4n) is 1.30. The van der Waals surface area contributed by atoms with Crippen molar-refractivity contribution < 1.29 is 19.4 Å². The second-order valence-corrected chi connectivity index (χ2v) is 5.91. The third-order valence-electron chi connectivity index (χ3n) is 2.09. The highest BCUT2D eigenvalue weighted by Crippen LogP contribution is 2.27. The molecule has 22 heavy (non-hydrogen) atoms. The molecular formula is C14H10Cl3NO4. The Morgan fingerprint density at radius 2 is 1.73 bits per heavy atom. The summed E-state index contributed by atoms with van der Waals surface area (Å²) >= 11 is 15.1. The van der Waals surface area contributed by atoms with E-state index in [9.17, 15) is 9.59 Å². The average Bonchev–Trinajstić information content (AvgIpc) is 2.44. The Morgan fingerprint density at radius 3 is 2.32 bits per heavy atom. The molecule has 2 rings (SSSR count). The Hall–Kier alpha value is -1.82. The first-order chi connectivity index (χ1) is 10.3. The SMILES string of the molecule is O=C(O)/C=C/C(=O)OC(Cl)(Cl)Cl.c1ccc2ncccc2c1. The lowest BCUT2D eigenvalue weighted by Crippen LogP contribution is -2.14. The van der Waals surface area contributed by atoms with Crippen LogP contribution in [0.1, 0.15) is 0 Å². The van der Waals surface area contributed by atoms with Crippen molar-refractivity contribution in [2.45, 2.75) is 3.98 Å². The molecule has 116 valence electrons. The molecule has 0 atom stereocenters. The molecule has 2 aromatic rings. The lowest BCUT2D eigenvalue weighted by molar-refractivity contribution is -0.139. The average molecular weight is 363 g/mol. The van der Waals surface area contributed by atoms with Crippen LogP contribution in [0.5, 0.6) is 0 Å². The zero-order valence-electron chi connectivity index (χ0n) is 10.9. The number of aliphatic carboxylic acids is 1. The Kier molecular flexibility index (Phi) is 7.11. The van der Waals surface area contributed by atoms with E-state index in [0.29, 0.717) is 12.2 Å². The normalized spacial score (nSPS) is 10.9. The number of fused-ring (bicyclic) bond motifs is 1. The van der Waals surface area contributed by atoms with E-state index in [0.717, 1.165) is 5.52 Å².